The Morgan fingerprint density at radius 1 is 1.14 bits per heavy atom. The fourth-order valence-electron chi connectivity index (χ4n) is 3.15. The molecule has 1 aliphatic rings. The number of allylic oxidation sites excluding steroid dienone is 1. The van der Waals surface area contributed by atoms with Crippen molar-refractivity contribution in [1.29, 1.82) is 0 Å². The molecule has 0 radical (unpaired) electrons. The van der Waals surface area contributed by atoms with E-state index < -0.39 is 35.6 Å². The van der Waals surface area contributed by atoms with Gasteiger partial charge < -0.3 is 15.2 Å². The predicted molar refractivity (Wildman–Crippen MR) is 98.2 cm³/mol. The summed E-state index contributed by atoms with van der Waals surface area (Å²) < 4.78 is 31.8. The molecule has 0 aromatic heterocycles. The number of rotatable bonds is 4. The number of carbonyl (C=O) groups excluding carboxylic acids is 2. The third kappa shape index (κ3) is 3.66. The maximum Gasteiger partial charge on any atom is 0.337 e. The van der Waals surface area contributed by atoms with Crippen LogP contribution >= 0.6 is 0 Å². The molecule has 2 amide bonds. The molecule has 0 bridgehead atoms. The number of hydrogen-bond donors (Lipinski definition) is 2. The van der Waals surface area contributed by atoms with Crippen molar-refractivity contribution in [2.24, 2.45) is 0 Å². The Hall–Kier alpha value is -3.75. The molecule has 0 unspecified atom stereocenters. The van der Waals surface area contributed by atoms with E-state index in [9.17, 15) is 28.3 Å². The topological polar surface area (TPSA) is 95.9 Å². The lowest BCUT2D eigenvalue weighted by atomic mass is 9.94. The Kier molecular flexibility index (Phi) is 5.31. The third-order valence-electron chi connectivity index (χ3n) is 4.52. The van der Waals surface area contributed by atoms with Gasteiger partial charge in [0.25, 0.3) is 0 Å². The number of nitrogens with one attached hydrogen (secondary N) is 1. The standard InChI is InChI=1S/C20H16F2N2O5/c1-10-16(19(27)29-2)17(11-6-7-14(21)15(22)9-11)23-20(28)24(10)13-5-3-4-12(8-13)18(25)26/h3-9,17H,1-2H3,(H,23,28)(H,25,26)/t17-/m0/s1. The zero-order chi connectivity index (χ0) is 21.3. The Bertz CT molecular complexity index is 1050. The van der Waals surface area contributed by atoms with Crippen LogP contribution in [0.1, 0.15) is 28.9 Å². The van der Waals surface area contributed by atoms with Gasteiger partial charge >= 0.3 is 18.0 Å². The van der Waals surface area contributed by atoms with Crippen LogP contribution in [0.4, 0.5) is 19.3 Å². The first-order valence-electron chi connectivity index (χ1n) is 8.42. The first-order chi connectivity index (χ1) is 13.7. The molecular formula is C20H16F2N2O5. The molecule has 0 aliphatic carbocycles. The third-order valence-corrected chi connectivity index (χ3v) is 4.52. The minimum absolute atomic E-state index is 0.00108. The molecule has 2 N–H and O–H groups in total. The highest BCUT2D eigenvalue weighted by Crippen LogP contribution is 2.34. The van der Waals surface area contributed by atoms with Gasteiger partial charge in [-0.05, 0) is 42.8 Å². The second-order valence-corrected chi connectivity index (χ2v) is 6.24. The average Bonchev–Trinajstić information content (AvgIpc) is 2.69. The highest BCUT2D eigenvalue weighted by Gasteiger charge is 2.37. The van der Waals surface area contributed by atoms with Crippen molar-refractivity contribution < 1.29 is 33.0 Å². The second kappa shape index (κ2) is 7.70. The van der Waals surface area contributed by atoms with Gasteiger partial charge in [0.2, 0.25) is 0 Å². The molecule has 2 aromatic carbocycles. The van der Waals surface area contributed by atoms with Crippen LogP contribution in [-0.4, -0.2) is 30.2 Å². The summed E-state index contributed by atoms with van der Waals surface area (Å²) >= 11 is 0. The summed E-state index contributed by atoms with van der Waals surface area (Å²) in [4.78, 5) is 37.6. The van der Waals surface area contributed by atoms with Crippen LogP contribution in [0, 0.1) is 11.6 Å². The fraction of sp³-hybridized carbons (Fsp3) is 0.150. The SMILES string of the molecule is COC(=O)C1=C(C)N(c2cccc(C(=O)O)c2)C(=O)N[C@H]1c1ccc(F)c(F)c1. The van der Waals surface area contributed by atoms with Crippen molar-refractivity contribution in [3.63, 3.8) is 0 Å². The summed E-state index contributed by atoms with van der Waals surface area (Å²) in [7, 11) is 1.15. The molecule has 1 atom stereocenters. The van der Waals surface area contributed by atoms with Gasteiger partial charge in [0.05, 0.1) is 30.0 Å². The number of esters is 1. The lowest BCUT2D eigenvalue weighted by Gasteiger charge is -2.35. The Morgan fingerprint density at radius 2 is 1.86 bits per heavy atom. The van der Waals surface area contributed by atoms with Crippen molar-refractivity contribution in [3.8, 4) is 0 Å². The number of urea groups is 1. The van der Waals surface area contributed by atoms with Crippen LogP contribution in [0.5, 0.6) is 0 Å². The molecule has 3 rings (SSSR count). The molecule has 29 heavy (non-hydrogen) atoms. The van der Waals surface area contributed by atoms with Crippen molar-refractivity contribution >= 4 is 23.7 Å². The van der Waals surface area contributed by atoms with Crippen LogP contribution in [0.25, 0.3) is 0 Å². The van der Waals surface area contributed by atoms with Gasteiger partial charge in [-0.1, -0.05) is 12.1 Å². The molecule has 0 saturated heterocycles. The smallest absolute Gasteiger partial charge is 0.337 e. The van der Waals surface area contributed by atoms with Gasteiger partial charge in [-0.15, -0.1) is 0 Å². The van der Waals surface area contributed by atoms with Crippen LogP contribution in [0.2, 0.25) is 0 Å². The van der Waals surface area contributed by atoms with Crippen LogP contribution < -0.4 is 10.2 Å². The monoisotopic (exact) mass is 402 g/mol. The number of carboxylic acid groups (broad SMARTS) is 1. The Balaban J connectivity index is 2.15. The minimum Gasteiger partial charge on any atom is -0.478 e. The molecule has 0 fully saturated rings. The van der Waals surface area contributed by atoms with Gasteiger partial charge in [-0.25, -0.2) is 23.2 Å². The molecule has 0 spiro atoms. The van der Waals surface area contributed by atoms with Gasteiger partial charge in [-0.3, -0.25) is 4.90 Å². The first kappa shape index (κ1) is 20.0. The number of aromatic carboxylic acids is 1. The molecule has 150 valence electrons. The number of carboxylic acids is 1. The second-order valence-electron chi connectivity index (χ2n) is 6.24. The molecule has 9 heteroatoms. The lowest BCUT2D eigenvalue weighted by Crippen LogP contribution is -2.48. The maximum absolute atomic E-state index is 13.7. The van der Waals surface area contributed by atoms with Crippen LogP contribution in [-0.2, 0) is 9.53 Å². The highest BCUT2D eigenvalue weighted by molar-refractivity contribution is 6.03. The van der Waals surface area contributed by atoms with E-state index in [1.54, 1.807) is 0 Å². The normalized spacial score (nSPS) is 16.5. The van der Waals surface area contributed by atoms with E-state index in [0.717, 1.165) is 24.1 Å². The van der Waals surface area contributed by atoms with E-state index in [-0.39, 0.29) is 28.1 Å². The molecule has 2 aromatic rings. The molecular weight excluding hydrogens is 386 g/mol. The van der Waals surface area contributed by atoms with E-state index in [4.69, 9.17) is 4.74 Å². The largest absolute Gasteiger partial charge is 0.478 e. The number of carbonyl (C=O) groups is 3. The van der Waals surface area contributed by atoms with Gasteiger partial charge in [-0.2, -0.15) is 0 Å². The van der Waals surface area contributed by atoms with Crippen molar-refractivity contribution in [2.75, 3.05) is 12.0 Å². The highest BCUT2D eigenvalue weighted by atomic mass is 19.2. The molecule has 7 nitrogen and oxygen atoms in total. The number of anilines is 1. The van der Waals surface area contributed by atoms with E-state index in [2.05, 4.69) is 5.32 Å². The van der Waals surface area contributed by atoms with E-state index >= 15 is 0 Å². The quantitative estimate of drug-likeness (QED) is 0.765. The minimum atomic E-state index is -1.18. The fourth-order valence-corrected chi connectivity index (χ4v) is 3.15. The summed E-state index contributed by atoms with van der Waals surface area (Å²) in [6.07, 6.45) is 0. The number of ether oxygens (including phenoxy) is 1. The number of amides is 2. The maximum atomic E-state index is 13.7. The summed E-state index contributed by atoms with van der Waals surface area (Å²) in [6.45, 7) is 1.48. The lowest BCUT2D eigenvalue weighted by molar-refractivity contribution is -0.136. The van der Waals surface area contributed by atoms with E-state index in [1.165, 1.54) is 37.3 Å². The zero-order valence-electron chi connectivity index (χ0n) is 15.4. The van der Waals surface area contributed by atoms with Gasteiger partial charge in [0, 0.05) is 5.70 Å². The summed E-state index contributed by atoms with van der Waals surface area (Å²) in [6, 6.07) is 6.87. The van der Waals surface area contributed by atoms with E-state index in [0.29, 0.717) is 0 Å². The average molecular weight is 402 g/mol. The number of nitrogens with zero attached hydrogens (tertiary/aromatic N) is 1. The van der Waals surface area contributed by atoms with Gasteiger partial charge in [0.1, 0.15) is 0 Å². The predicted octanol–water partition coefficient (Wildman–Crippen LogP) is 3.38. The summed E-state index contributed by atoms with van der Waals surface area (Å²) in [5.74, 6) is -4.16. The molecule has 1 aliphatic heterocycles. The Labute approximate surface area is 164 Å². The van der Waals surface area contributed by atoms with E-state index in [1.807, 2.05) is 0 Å². The number of hydrogen-bond acceptors (Lipinski definition) is 4. The number of halogens is 2. The zero-order valence-corrected chi connectivity index (χ0v) is 15.4. The first-order valence-corrected chi connectivity index (χ1v) is 8.42. The van der Waals surface area contributed by atoms with Gasteiger partial charge in [0.15, 0.2) is 11.6 Å². The van der Waals surface area contributed by atoms with Crippen molar-refractivity contribution in [3.05, 3.63) is 76.5 Å². The summed E-state index contributed by atoms with van der Waals surface area (Å²) in [5, 5.41) is 11.7. The van der Waals surface area contributed by atoms with Crippen LogP contribution in [0.15, 0.2) is 53.7 Å². The summed E-state index contributed by atoms with van der Waals surface area (Å²) in [5.41, 5.74) is 0.475. The molecule has 0 saturated carbocycles. The number of benzene rings is 2. The molecule has 1 heterocycles. The van der Waals surface area contributed by atoms with Crippen LogP contribution in [0.3, 0.4) is 0 Å². The number of methoxy groups -OCH3 is 1. The van der Waals surface area contributed by atoms with Crippen molar-refractivity contribution in [2.45, 2.75) is 13.0 Å². The van der Waals surface area contributed by atoms with Crippen molar-refractivity contribution in [1.82, 2.24) is 5.32 Å². The Morgan fingerprint density at radius 3 is 2.48 bits per heavy atom.